The molecule has 0 aliphatic heterocycles. The number of aromatic nitrogens is 1. The number of carboxylic acids is 1. The second-order valence-electron chi connectivity index (χ2n) is 3.40. The van der Waals surface area contributed by atoms with E-state index in [1.54, 1.807) is 36.5 Å². The summed E-state index contributed by atoms with van der Waals surface area (Å²) >= 11 is 1.26. The third-order valence-electron chi connectivity index (χ3n) is 2.20. The number of benzene rings is 1. The molecule has 88 valence electrons. The lowest BCUT2D eigenvalue weighted by molar-refractivity contribution is 0.0692. The smallest absolute Gasteiger partial charge is 0.338 e. The summed E-state index contributed by atoms with van der Waals surface area (Å²) < 4.78 is 0. The van der Waals surface area contributed by atoms with Gasteiger partial charge in [-0.2, -0.15) is 5.26 Å². The normalized spacial score (nSPS) is 9.72. The quantitative estimate of drug-likeness (QED) is 0.914. The predicted octanol–water partition coefficient (Wildman–Crippen LogP) is 2.80. The van der Waals surface area contributed by atoms with E-state index in [4.69, 9.17) is 10.4 Å². The fourth-order valence-electron chi connectivity index (χ4n) is 1.34. The Labute approximate surface area is 108 Å². The zero-order valence-electron chi connectivity index (χ0n) is 9.20. The van der Waals surface area contributed by atoms with Gasteiger partial charge in [-0.15, -0.1) is 0 Å². The van der Waals surface area contributed by atoms with E-state index in [0.29, 0.717) is 10.6 Å². The lowest BCUT2D eigenvalue weighted by Gasteiger charge is -2.04. The minimum atomic E-state index is -1.00. The highest BCUT2D eigenvalue weighted by molar-refractivity contribution is 7.99. The van der Waals surface area contributed by atoms with Crippen molar-refractivity contribution in [3.63, 3.8) is 0 Å². The van der Waals surface area contributed by atoms with Crippen molar-refractivity contribution in [1.82, 2.24) is 4.98 Å². The van der Waals surface area contributed by atoms with Gasteiger partial charge in [0.15, 0.2) is 0 Å². The maximum absolute atomic E-state index is 11.0. The molecule has 1 N–H and O–H groups in total. The molecule has 4 nitrogen and oxygen atoms in total. The van der Waals surface area contributed by atoms with E-state index in [1.165, 1.54) is 17.8 Å². The lowest BCUT2D eigenvalue weighted by atomic mass is 10.2. The Balaban J connectivity index is 2.28. The first-order valence-corrected chi connectivity index (χ1v) is 5.88. The van der Waals surface area contributed by atoms with Crippen LogP contribution in [0.1, 0.15) is 15.9 Å². The summed E-state index contributed by atoms with van der Waals surface area (Å²) in [4.78, 5) is 15.9. The van der Waals surface area contributed by atoms with Gasteiger partial charge in [0.05, 0.1) is 17.2 Å². The van der Waals surface area contributed by atoms with E-state index >= 15 is 0 Å². The van der Waals surface area contributed by atoms with Crippen LogP contribution < -0.4 is 0 Å². The Hall–Kier alpha value is -2.32. The Morgan fingerprint density at radius 3 is 2.61 bits per heavy atom. The molecule has 0 fully saturated rings. The summed E-state index contributed by atoms with van der Waals surface area (Å²) in [7, 11) is 0. The van der Waals surface area contributed by atoms with Gasteiger partial charge in [-0.25, -0.2) is 9.78 Å². The van der Waals surface area contributed by atoms with Crippen LogP contribution in [0.25, 0.3) is 0 Å². The summed E-state index contributed by atoms with van der Waals surface area (Å²) in [6.07, 6.45) is 1.55. The number of nitriles is 1. The minimum Gasteiger partial charge on any atom is -0.478 e. The topological polar surface area (TPSA) is 74.0 Å². The molecule has 0 spiro atoms. The highest BCUT2D eigenvalue weighted by Gasteiger charge is 2.11. The van der Waals surface area contributed by atoms with Crippen molar-refractivity contribution in [2.24, 2.45) is 0 Å². The molecule has 0 bridgehead atoms. The first kappa shape index (κ1) is 12.1. The monoisotopic (exact) mass is 256 g/mol. The largest absolute Gasteiger partial charge is 0.478 e. The highest BCUT2D eigenvalue weighted by Crippen LogP contribution is 2.28. The van der Waals surface area contributed by atoms with Gasteiger partial charge in [0.25, 0.3) is 0 Å². The number of carbonyl (C=O) groups is 1. The summed E-state index contributed by atoms with van der Waals surface area (Å²) in [6, 6.07) is 12.0. The van der Waals surface area contributed by atoms with E-state index in [9.17, 15) is 4.79 Å². The molecular formula is C13H8N2O2S. The molecule has 0 saturated carbocycles. The zero-order chi connectivity index (χ0) is 13.0. The second-order valence-corrected chi connectivity index (χ2v) is 4.46. The Morgan fingerprint density at radius 2 is 2.00 bits per heavy atom. The number of rotatable bonds is 3. The fraction of sp³-hybridized carbons (Fsp3) is 0. The van der Waals surface area contributed by atoms with Gasteiger partial charge >= 0.3 is 5.97 Å². The van der Waals surface area contributed by atoms with Crippen molar-refractivity contribution in [1.29, 1.82) is 5.26 Å². The van der Waals surface area contributed by atoms with E-state index in [2.05, 4.69) is 4.98 Å². The van der Waals surface area contributed by atoms with Gasteiger partial charge in [0, 0.05) is 11.1 Å². The summed E-state index contributed by atoms with van der Waals surface area (Å²) in [6.45, 7) is 0. The van der Waals surface area contributed by atoms with Gasteiger partial charge in [0.2, 0.25) is 0 Å². The van der Waals surface area contributed by atoms with E-state index in [-0.39, 0.29) is 5.56 Å². The van der Waals surface area contributed by atoms with Crippen LogP contribution in [0.5, 0.6) is 0 Å². The molecule has 0 radical (unpaired) electrons. The molecule has 2 rings (SSSR count). The lowest BCUT2D eigenvalue weighted by Crippen LogP contribution is -1.99. The number of hydrogen-bond acceptors (Lipinski definition) is 4. The molecular weight excluding hydrogens is 248 g/mol. The zero-order valence-corrected chi connectivity index (χ0v) is 10.0. The number of carboxylic acid groups (broad SMARTS) is 1. The first-order chi connectivity index (χ1) is 8.70. The van der Waals surface area contributed by atoms with Crippen LogP contribution in [0.3, 0.4) is 0 Å². The minimum absolute atomic E-state index is 0.173. The summed E-state index contributed by atoms with van der Waals surface area (Å²) in [5.41, 5.74) is 0.741. The van der Waals surface area contributed by atoms with Crippen LogP contribution in [-0.4, -0.2) is 16.1 Å². The number of nitrogens with zero attached hydrogens (tertiary/aromatic N) is 2. The van der Waals surface area contributed by atoms with Crippen molar-refractivity contribution in [3.8, 4) is 6.07 Å². The van der Waals surface area contributed by atoms with Crippen LogP contribution in [0.4, 0.5) is 0 Å². The highest BCUT2D eigenvalue weighted by atomic mass is 32.2. The van der Waals surface area contributed by atoms with Crippen LogP contribution in [0.2, 0.25) is 0 Å². The van der Waals surface area contributed by atoms with Gasteiger partial charge < -0.3 is 5.11 Å². The van der Waals surface area contributed by atoms with Crippen molar-refractivity contribution < 1.29 is 9.90 Å². The van der Waals surface area contributed by atoms with Crippen LogP contribution in [0, 0.1) is 11.3 Å². The number of aromatic carboxylic acids is 1. The third kappa shape index (κ3) is 2.67. The number of pyridine rings is 1. The average molecular weight is 256 g/mol. The summed E-state index contributed by atoms with van der Waals surface area (Å²) in [5.74, 6) is -1.00. The summed E-state index contributed by atoms with van der Waals surface area (Å²) in [5, 5.41) is 18.2. The van der Waals surface area contributed by atoms with Crippen LogP contribution >= 0.6 is 11.8 Å². The molecule has 1 heterocycles. The second kappa shape index (κ2) is 5.34. The molecule has 0 saturated heterocycles. The Bertz CT molecular complexity index is 618. The Morgan fingerprint density at radius 1 is 1.28 bits per heavy atom. The predicted molar refractivity (Wildman–Crippen MR) is 66.5 cm³/mol. The van der Waals surface area contributed by atoms with Gasteiger partial charge in [0.1, 0.15) is 5.03 Å². The molecule has 0 amide bonds. The molecule has 18 heavy (non-hydrogen) atoms. The molecule has 1 aromatic heterocycles. The molecule has 0 unspecified atom stereocenters. The van der Waals surface area contributed by atoms with E-state index in [1.807, 2.05) is 6.07 Å². The SMILES string of the molecule is N#Cc1ccc(Sc2ncccc2C(=O)O)cc1. The molecule has 0 aliphatic rings. The van der Waals surface area contributed by atoms with E-state index < -0.39 is 5.97 Å². The molecule has 5 heteroatoms. The van der Waals surface area contributed by atoms with Crippen molar-refractivity contribution in [2.75, 3.05) is 0 Å². The standard InChI is InChI=1S/C13H8N2O2S/c14-8-9-3-5-10(6-4-9)18-12-11(13(16)17)2-1-7-15-12/h1-7H,(H,16,17). The van der Waals surface area contributed by atoms with Gasteiger partial charge in [-0.05, 0) is 36.4 Å². The molecule has 0 aliphatic carbocycles. The van der Waals surface area contributed by atoms with Crippen LogP contribution in [0.15, 0.2) is 52.5 Å². The molecule has 0 atom stereocenters. The average Bonchev–Trinajstić information content (AvgIpc) is 2.40. The molecule has 2 aromatic rings. The first-order valence-electron chi connectivity index (χ1n) is 5.07. The Kier molecular flexibility index (Phi) is 3.60. The van der Waals surface area contributed by atoms with Gasteiger partial charge in [-0.1, -0.05) is 11.8 Å². The third-order valence-corrected chi connectivity index (χ3v) is 3.23. The van der Waals surface area contributed by atoms with Crippen molar-refractivity contribution in [3.05, 3.63) is 53.7 Å². The molecule has 1 aromatic carbocycles. The van der Waals surface area contributed by atoms with Crippen molar-refractivity contribution >= 4 is 17.7 Å². The van der Waals surface area contributed by atoms with E-state index in [0.717, 1.165) is 4.90 Å². The van der Waals surface area contributed by atoms with Crippen LogP contribution in [-0.2, 0) is 0 Å². The maximum atomic E-state index is 11.0. The maximum Gasteiger partial charge on any atom is 0.338 e. The van der Waals surface area contributed by atoms with Gasteiger partial charge in [-0.3, -0.25) is 0 Å². The number of hydrogen-bond donors (Lipinski definition) is 1. The fourth-order valence-corrected chi connectivity index (χ4v) is 2.22. The van der Waals surface area contributed by atoms with Crippen molar-refractivity contribution in [2.45, 2.75) is 9.92 Å².